The second-order valence-corrected chi connectivity index (χ2v) is 3.45. The van der Waals surface area contributed by atoms with E-state index in [2.05, 4.69) is 6.58 Å². The Morgan fingerprint density at radius 2 is 2.00 bits per heavy atom. The van der Waals surface area contributed by atoms with E-state index in [0.29, 0.717) is 4.90 Å². The molecule has 0 aliphatic carbocycles. The predicted molar refractivity (Wildman–Crippen MR) is 54.2 cm³/mol. The Morgan fingerprint density at radius 1 is 1.43 bits per heavy atom. The summed E-state index contributed by atoms with van der Waals surface area (Å²) in [5.41, 5.74) is 0.0143. The molecule has 0 aliphatic rings. The van der Waals surface area contributed by atoms with Gasteiger partial charge in [0.15, 0.2) is 0 Å². The van der Waals surface area contributed by atoms with Gasteiger partial charge in [-0.25, -0.2) is 0 Å². The lowest BCUT2D eigenvalue weighted by Crippen LogP contribution is -1.87. The van der Waals surface area contributed by atoms with Crippen LogP contribution in [0.25, 0.3) is 0 Å². The first-order chi connectivity index (χ1) is 6.63. The Kier molecular flexibility index (Phi) is 3.41. The molecule has 0 amide bonds. The molecule has 0 fully saturated rings. The van der Waals surface area contributed by atoms with Crippen molar-refractivity contribution in [2.45, 2.75) is 4.90 Å². The van der Waals surface area contributed by atoms with Crippen LogP contribution in [-0.4, -0.2) is 10.0 Å². The van der Waals surface area contributed by atoms with E-state index in [4.69, 9.17) is 0 Å². The van der Waals surface area contributed by atoms with Gasteiger partial charge in [0.25, 0.3) is 5.69 Å². The molecule has 1 aromatic rings. The molecule has 72 valence electrons. The molecule has 0 radical (unpaired) electrons. The number of carbonyl (C=O) groups excluding carboxylic acids is 1. The molecule has 0 atom stereocenters. The van der Waals surface area contributed by atoms with E-state index in [1.54, 1.807) is 0 Å². The van der Waals surface area contributed by atoms with Gasteiger partial charge in [0.1, 0.15) is 0 Å². The zero-order chi connectivity index (χ0) is 10.6. The maximum Gasteiger partial charge on any atom is 0.269 e. The highest BCUT2D eigenvalue weighted by Crippen LogP contribution is 2.21. The van der Waals surface area contributed by atoms with Crippen molar-refractivity contribution in [2.24, 2.45) is 0 Å². The Balaban J connectivity index is 2.78. The highest BCUT2D eigenvalue weighted by molar-refractivity contribution is 8.14. The van der Waals surface area contributed by atoms with Gasteiger partial charge in [-0.15, -0.1) is 0 Å². The summed E-state index contributed by atoms with van der Waals surface area (Å²) in [7, 11) is 0. The van der Waals surface area contributed by atoms with Crippen LogP contribution in [0.4, 0.5) is 5.69 Å². The van der Waals surface area contributed by atoms with Crippen LogP contribution in [0.15, 0.2) is 41.8 Å². The topological polar surface area (TPSA) is 60.2 Å². The molecule has 14 heavy (non-hydrogen) atoms. The standard InChI is InChI=1S/C9H7NO3S/c1-2-9(11)14-8-5-3-7(4-6-8)10(12)13/h2-6H,1H2. The quantitative estimate of drug-likeness (QED) is 0.332. The first-order valence-corrected chi connectivity index (χ1v) is 4.54. The van der Waals surface area contributed by atoms with Gasteiger partial charge in [-0.1, -0.05) is 6.58 Å². The summed E-state index contributed by atoms with van der Waals surface area (Å²) in [5, 5.41) is 10.1. The van der Waals surface area contributed by atoms with Crippen molar-refractivity contribution in [3.63, 3.8) is 0 Å². The molecular weight excluding hydrogens is 202 g/mol. The van der Waals surface area contributed by atoms with Crippen LogP contribution in [0, 0.1) is 10.1 Å². The molecule has 0 aromatic heterocycles. The van der Waals surface area contributed by atoms with Gasteiger partial charge >= 0.3 is 0 Å². The molecule has 0 N–H and O–H groups in total. The van der Waals surface area contributed by atoms with Crippen LogP contribution in [0.1, 0.15) is 0 Å². The maximum atomic E-state index is 10.9. The second-order valence-electron chi connectivity index (χ2n) is 2.38. The number of nitrogens with zero attached hydrogens (tertiary/aromatic N) is 1. The average molecular weight is 209 g/mol. The van der Waals surface area contributed by atoms with Crippen LogP contribution in [0.2, 0.25) is 0 Å². The monoisotopic (exact) mass is 209 g/mol. The smallest absolute Gasteiger partial charge is 0.269 e. The fourth-order valence-electron chi connectivity index (χ4n) is 0.794. The van der Waals surface area contributed by atoms with Crippen molar-refractivity contribution >= 4 is 22.6 Å². The molecule has 0 aliphatic heterocycles. The third-order valence-electron chi connectivity index (χ3n) is 1.43. The SMILES string of the molecule is C=CC(=O)Sc1ccc([N+](=O)[O-])cc1. The first-order valence-electron chi connectivity index (χ1n) is 3.72. The van der Waals surface area contributed by atoms with E-state index in [0.717, 1.165) is 11.8 Å². The van der Waals surface area contributed by atoms with E-state index < -0.39 is 4.92 Å². The van der Waals surface area contributed by atoms with E-state index in [9.17, 15) is 14.9 Å². The lowest BCUT2D eigenvalue weighted by atomic mass is 10.3. The van der Waals surface area contributed by atoms with Gasteiger partial charge < -0.3 is 0 Å². The van der Waals surface area contributed by atoms with Crippen LogP contribution < -0.4 is 0 Å². The van der Waals surface area contributed by atoms with Gasteiger partial charge in [0, 0.05) is 17.0 Å². The normalized spacial score (nSPS) is 9.43. The third kappa shape index (κ3) is 2.70. The molecule has 4 nitrogen and oxygen atoms in total. The third-order valence-corrected chi connectivity index (χ3v) is 2.31. The maximum absolute atomic E-state index is 10.9. The highest BCUT2D eigenvalue weighted by Gasteiger charge is 2.05. The summed E-state index contributed by atoms with van der Waals surface area (Å²) < 4.78 is 0. The Labute approximate surface area is 84.8 Å². The highest BCUT2D eigenvalue weighted by atomic mass is 32.2. The fourth-order valence-corrected chi connectivity index (χ4v) is 1.38. The van der Waals surface area contributed by atoms with Crippen molar-refractivity contribution < 1.29 is 9.72 Å². The molecule has 5 heteroatoms. The summed E-state index contributed by atoms with van der Waals surface area (Å²) in [6.07, 6.45) is 1.20. The molecule has 0 bridgehead atoms. The predicted octanol–water partition coefficient (Wildman–Crippen LogP) is 2.40. The van der Waals surface area contributed by atoms with E-state index in [-0.39, 0.29) is 10.8 Å². The van der Waals surface area contributed by atoms with Gasteiger partial charge in [-0.3, -0.25) is 14.9 Å². The molecule has 1 aromatic carbocycles. The average Bonchev–Trinajstić information content (AvgIpc) is 2.18. The van der Waals surface area contributed by atoms with E-state index in [1.165, 1.54) is 30.3 Å². The molecule has 0 spiro atoms. The summed E-state index contributed by atoms with van der Waals surface area (Å²) in [5.74, 6) is 0. The van der Waals surface area contributed by atoms with Crippen LogP contribution in [0.5, 0.6) is 0 Å². The Morgan fingerprint density at radius 3 is 2.43 bits per heavy atom. The summed E-state index contributed by atoms with van der Waals surface area (Å²) in [4.78, 5) is 21.4. The fraction of sp³-hybridized carbons (Fsp3) is 0. The zero-order valence-electron chi connectivity index (χ0n) is 7.17. The second kappa shape index (κ2) is 4.57. The van der Waals surface area contributed by atoms with Crippen molar-refractivity contribution in [3.8, 4) is 0 Å². The van der Waals surface area contributed by atoms with Crippen LogP contribution >= 0.6 is 11.8 Å². The molecule has 0 saturated carbocycles. The van der Waals surface area contributed by atoms with Crippen molar-refractivity contribution in [3.05, 3.63) is 47.0 Å². The number of nitro benzene ring substituents is 1. The number of carbonyl (C=O) groups is 1. The number of rotatable bonds is 3. The number of thioether (sulfide) groups is 1. The molecule has 0 heterocycles. The summed E-state index contributed by atoms with van der Waals surface area (Å²) >= 11 is 0.984. The van der Waals surface area contributed by atoms with Crippen molar-refractivity contribution in [1.82, 2.24) is 0 Å². The minimum absolute atomic E-state index is 0.0143. The minimum Gasteiger partial charge on any atom is -0.282 e. The molecule has 0 unspecified atom stereocenters. The van der Waals surface area contributed by atoms with Crippen molar-refractivity contribution in [1.29, 1.82) is 0 Å². The van der Waals surface area contributed by atoms with Crippen LogP contribution in [-0.2, 0) is 4.79 Å². The van der Waals surface area contributed by atoms with Gasteiger partial charge in [-0.05, 0) is 30.0 Å². The number of nitro groups is 1. The molecule has 1 rings (SSSR count). The number of benzene rings is 1. The van der Waals surface area contributed by atoms with E-state index >= 15 is 0 Å². The summed E-state index contributed by atoms with van der Waals surface area (Å²) in [6.45, 7) is 3.32. The summed E-state index contributed by atoms with van der Waals surface area (Å²) in [6, 6.07) is 5.78. The minimum atomic E-state index is -0.482. The van der Waals surface area contributed by atoms with Crippen molar-refractivity contribution in [2.75, 3.05) is 0 Å². The number of hydrogen-bond acceptors (Lipinski definition) is 4. The van der Waals surface area contributed by atoms with Crippen LogP contribution in [0.3, 0.4) is 0 Å². The molecule has 0 saturated heterocycles. The zero-order valence-corrected chi connectivity index (χ0v) is 7.99. The first kappa shape index (κ1) is 10.5. The van der Waals surface area contributed by atoms with Gasteiger partial charge in [0.2, 0.25) is 5.12 Å². The lowest BCUT2D eigenvalue weighted by Gasteiger charge is -1.95. The van der Waals surface area contributed by atoms with E-state index in [1.807, 2.05) is 0 Å². The number of hydrogen-bond donors (Lipinski definition) is 0. The number of non-ortho nitro benzene ring substituents is 1. The Bertz CT molecular complexity index is 372. The van der Waals surface area contributed by atoms with Gasteiger partial charge in [0.05, 0.1) is 4.92 Å². The Hall–Kier alpha value is -1.62. The molecular formula is C9H7NO3S. The van der Waals surface area contributed by atoms with Gasteiger partial charge in [-0.2, -0.15) is 0 Å². The lowest BCUT2D eigenvalue weighted by molar-refractivity contribution is -0.384. The largest absolute Gasteiger partial charge is 0.282 e.